The van der Waals surface area contributed by atoms with Crippen molar-refractivity contribution >= 4 is 35.0 Å². The van der Waals surface area contributed by atoms with Crippen LogP contribution in [0.15, 0.2) is 66.9 Å². The molecule has 0 fully saturated rings. The number of ether oxygens (including phenoxy) is 1. The zero-order valence-corrected chi connectivity index (χ0v) is 15.9. The number of nitrogens with one attached hydrogen (secondary N) is 2. The van der Waals surface area contributed by atoms with E-state index in [0.717, 1.165) is 5.56 Å². The zero-order valence-electron chi connectivity index (χ0n) is 15.1. The molecule has 0 unspecified atom stereocenters. The summed E-state index contributed by atoms with van der Waals surface area (Å²) in [5.41, 5.74) is 2.11. The summed E-state index contributed by atoms with van der Waals surface area (Å²) in [5.74, 6) is -0.312. The van der Waals surface area contributed by atoms with E-state index in [2.05, 4.69) is 15.6 Å². The summed E-state index contributed by atoms with van der Waals surface area (Å²) in [4.78, 5) is 28.7. The van der Waals surface area contributed by atoms with Gasteiger partial charge in [-0.3, -0.25) is 4.79 Å². The highest BCUT2D eigenvalue weighted by Gasteiger charge is 2.14. The molecule has 0 atom stereocenters. The minimum atomic E-state index is -0.518. The second-order valence-corrected chi connectivity index (χ2v) is 6.34. The molecular formula is C21H18ClN3O3. The lowest BCUT2D eigenvalue weighted by atomic mass is 10.1. The number of pyridine rings is 1. The summed E-state index contributed by atoms with van der Waals surface area (Å²) in [6.45, 7) is 0.542. The van der Waals surface area contributed by atoms with Gasteiger partial charge in [-0.15, -0.1) is 0 Å². The quantitative estimate of drug-likeness (QED) is 0.605. The fourth-order valence-corrected chi connectivity index (χ4v) is 2.66. The molecular weight excluding hydrogens is 378 g/mol. The average molecular weight is 396 g/mol. The number of methoxy groups -OCH3 is 1. The van der Waals surface area contributed by atoms with Gasteiger partial charge < -0.3 is 15.4 Å². The largest absolute Gasteiger partial charge is 0.465 e. The van der Waals surface area contributed by atoms with Crippen LogP contribution in [-0.2, 0) is 11.3 Å². The fourth-order valence-electron chi connectivity index (χ4n) is 2.54. The van der Waals surface area contributed by atoms with Gasteiger partial charge in [0.25, 0.3) is 5.91 Å². The highest BCUT2D eigenvalue weighted by atomic mass is 35.5. The molecule has 0 saturated carbocycles. The molecule has 142 valence electrons. The monoisotopic (exact) mass is 395 g/mol. The first-order valence-electron chi connectivity index (χ1n) is 8.50. The summed E-state index contributed by atoms with van der Waals surface area (Å²) < 4.78 is 4.75. The Hall–Kier alpha value is -3.38. The number of aromatic nitrogens is 1. The number of anilines is 2. The molecule has 1 aromatic heterocycles. The molecule has 0 aliphatic carbocycles. The number of halogens is 1. The number of carbonyl (C=O) groups is 2. The molecule has 2 aromatic carbocycles. The molecule has 0 saturated heterocycles. The Labute approximate surface area is 167 Å². The van der Waals surface area contributed by atoms with Crippen molar-refractivity contribution in [3.63, 3.8) is 0 Å². The van der Waals surface area contributed by atoms with E-state index < -0.39 is 5.97 Å². The van der Waals surface area contributed by atoms with E-state index in [1.54, 1.807) is 42.6 Å². The molecule has 0 spiro atoms. The molecule has 0 aliphatic heterocycles. The van der Waals surface area contributed by atoms with Gasteiger partial charge in [0.2, 0.25) is 0 Å². The van der Waals surface area contributed by atoms with Gasteiger partial charge in [0.05, 0.1) is 18.4 Å². The number of nitrogens with zero attached hydrogens (tertiary/aromatic N) is 1. The Kier molecular flexibility index (Phi) is 6.24. The molecule has 1 heterocycles. The minimum absolute atomic E-state index is 0.286. The number of carbonyl (C=O) groups excluding carboxylic acids is 2. The molecule has 0 radical (unpaired) electrons. The maximum absolute atomic E-state index is 12.6. The predicted molar refractivity (Wildman–Crippen MR) is 109 cm³/mol. The topological polar surface area (TPSA) is 80.3 Å². The van der Waals surface area contributed by atoms with E-state index in [0.29, 0.717) is 28.6 Å². The number of benzene rings is 2. The smallest absolute Gasteiger partial charge is 0.339 e. The van der Waals surface area contributed by atoms with Gasteiger partial charge in [0.1, 0.15) is 5.82 Å². The lowest BCUT2D eigenvalue weighted by molar-refractivity contribution is 0.0602. The summed E-state index contributed by atoms with van der Waals surface area (Å²) in [6.07, 6.45) is 1.55. The molecule has 3 rings (SSSR count). The Balaban J connectivity index is 1.70. The van der Waals surface area contributed by atoms with E-state index in [1.165, 1.54) is 7.11 Å². The normalized spacial score (nSPS) is 10.2. The van der Waals surface area contributed by atoms with Crippen molar-refractivity contribution < 1.29 is 14.3 Å². The van der Waals surface area contributed by atoms with Gasteiger partial charge in [-0.2, -0.15) is 0 Å². The van der Waals surface area contributed by atoms with E-state index in [4.69, 9.17) is 16.3 Å². The van der Waals surface area contributed by atoms with Crippen LogP contribution in [0, 0.1) is 0 Å². The summed E-state index contributed by atoms with van der Waals surface area (Å²) >= 11 is 5.88. The maximum Gasteiger partial charge on any atom is 0.339 e. The molecule has 28 heavy (non-hydrogen) atoms. The second kappa shape index (κ2) is 9.01. The molecule has 2 N–H and O–H groups in total. The van der Waals surface area contributed by atoms with Crippen LogP contribution in [0.3, 0.4) is 0 Å². The highest BCUT2D eigenvalue weighted by molar-refractivity contribution is 6.30. The standard InChI is InChI=1S/C21H18ClN3O3/c1-28-21(27)17-4-2-3-5-18(17)25-20(26)15-10-11-23-19(12-15)24-13-14-6-8-16(22)9-7-14/h2-12H,13H2,1H3,(H,23,24)(H,25,26). The number of rotatable bonds is 6. The Morgan fingerprint density at radius 1 is 1.07 bits per heavy atom. The molecule has 3 aromatic rings. The highest BCUT2D eigenvalue weighted by Crippen LogP contribution is 2.18. The van der Waals surface area contributed by atoms with Gasteiger partial charge >= 0.3 is 5.97 Å². The van der Waals surface area contributed by atoms with Gasteiger partial charge in [-0.1, -0.05) is 35.9 Å². The summed E-state index contributed by atoms with van der Waals surface area (Å²) in [6, 6.07) is 17.4. The molecule has 0 aliphatic rings. The van der Waals surface area contributed by atoms with Gasteiger partial charge in [0.15, 0.2) is 0 Å². The van der Waals surface area contributed by atoms with E-state index in [9.17, 15) is 9.59 Å². The van der Waals surface area contributed by atoms with Crippen molar-refractivity contribution in [2.45, 2.75) is 6.54 Å². The minimum Gasteiger partial charge on any atom is -0.465 e. The van der Waals surface area contributed by atoms with E-state index in [1.807, 2.05) is 24.3 Å². The van der Waals surface area contributed by atoms with Crippen LogP contribution in [0.25, 0.3) is 0 Å². The predicted octanol–water partition coefficient (Wildman–Crippen LogP) is 4.39. The number of hydrogen-bond acceptors (Lipinski definition) is 5. The maximum atomic E-state index is 12.6. The number of hydrogen-bond donors (Lipinski definition) is 2. The lowest BCUT2D eigenvalue weighted by Gasteiger charge is -2.11. The van der Waals surface area contributed by atoms with Crippen LogP contribution in [0.2, 0.25) is 5.02 Å². The Morgan fingerprint density at radius 3 is 2.57 bits per heavy atom. The summed E-state index contributed by atoms with van der Waals surface area (Å²) in [7, 11) is 1.29. The van der Waals surface area contributed by atoms with E-state index >= 15 is 0 Å². The first-order valence-corrected chi connectivity index (χ1v) is 8.87. The van der Waals surface area contributed by atoms with E-state index in [-0.39, 0.29) is 11.5 Å². The lowest BCUT2D eigenvalue weighted by Crippen LogP contribution is -2.16. The van der Waals surface area contributed by atoms with Gasteiger partial charge in [-0.05, 0) is 42.0 Å². The third kappa shape index (κ3) is 4.86. The van der Waals surface area contributed by atoms with Crippen LogP contribution in [0.4, 0.5) is 11.5 Å². The second-order valence-electron chi connectivity index (χ2n) is 5.90. The first-order chi connectivity index (χ1) is 13.6. The van der Waals surface area contributed by atoms with Crippen molar-refractivity contribution in [2.75, 3.05) is 17.7 Å². The number of para-hydroxylation sites is 1. The van der Waals surface area contributed by atoms with Crippen molar-refractivity contribution in [3.05, 3.63) is 88.6 Å². The third-order valence-corrected chi connectivity index (χ3v) is 4.24. The van der Waals surface area contributed by atoms with Crippen molar-refractivity contribution in [2.24, 2.45) is 0 Å². The molecule has 7 heteroatoms. The summed E-state index contributed by atoms with van der Waals surface area (Å²) in [5, 5.41) is 6.58. The van der Waals surface area contributed by atoms with Crippen molar-refractivity contribution in [1.29, 1.82) is 0 Å². The Morgan fingerprint density at radius 2 is 1.82 bits per heavy atom. The van der Waals surface area contributed by atoms with Crippen LogP contribution < -0.4 is 10.6 Å². The van der Waals surface area contributed by atoms with Crippen LogP contribution >= 0.6 is 11.6 Å². The average Bonchev–Trinajstić information content (AvgIpc) is 2.73. The SMILES string of the molecule is COC(=O)c1ccccc1NC(=O)c1ccnc(NCc2ccc(Cl)cc2)c1. The van der Waals surface area contributed by atoms with Crippen molar-refractivity contribution in [1.82, 2.24) is 4.98 Å². The first kappa shape index (κ1) is 19.4. The molecule has 1 amide bonds. The van der Waals surface area contributed by atoms with Crippen LogP contribution in [0.5, 0.6) is 0 Å². The fraction of sp³-hybridized carbons (Fsp3) is 0.0952. The van der Waals surface area contributed by atoms with Crippen LogP contribution in [-0.4, -0.2) is 24.0 Å². The van der Waals surface area contributed by atoms with Gasteiger partial charge in [0, 0.05) is 23.3 Å². The zero-order chi connectivity index (χ0) is 19.9. The molecule has 0 bridgehead atoms. The van der Waals surface area contributed by atoms with Crippen LogP contribution in [0.1, 0.15) is 26.3 Å². The van der Waals surface area contributed by atoms with Gasteiger partial charge in [-0.25, -0.2) is 9.78 Å². The third-order valence-electron chi connectivity index (χ3n) is 3.99. The molecule has 6 nitrogen and oxygen atoms in total. The Bertz CT molecular complexity index is 990. The number of esters is 1. The van der Waals surface area contributed by atoms with Crippen molar-refractivity contribution in [3.8, 4) is 0 Å². The number of amides is 1.